The number of ether oxygens (including phenoxy) is 1. The van der Waals surface area contributed by atoms with Gasteiger partial charge in [-0.25, -0.2) is 0 Å². The van der Waals surface area contributed by atoms with Crippen molar-refractivity contribution in [3.63, 3.8) is 0 Å². The van der Waals surface area contributed by atoms with Crippen LogP contribution in [0.4, 0.5) is 17.2 Å². The van der Waals surface area contributed by atoms with Gasteiger partial charge >= 0.3 is 0 Å². The summed E-state index contributed by atoms with van der Waals surface area (Å²) in [4.78, 5) is 0. The molecule has 0 aliphatic rings. The molecule has 0 aliphatic heterocycles. The molecule has 5 nitrogen and oxygen atoms in total. The predicted octanol–water partition coefficient (Wildman–Crippen LogP) is 2.24. The van der Waals surface area contributed by atoms with Crippen molar-refractivity contribution in [1.29, 1.82) is 0 Å². The van der Waals surface area contributed by atoms with Crippen molar-refractivity contribution in [3.8, 4) is 0 Å². The van der Waals surface area contributed by atoms with E-state index >= 15 is 0 Å². The third-order valence-corrected chi connectivity index (χ3v) is 3.11. The summed E-state index contributed by atoms with van der Waals surface area (Å²) in [5.41, 5.74) is 9.78. The third kappa shape index (κ3) is 2.88. The minimum atomic E-state index is 0.684. The highest BCUT2D eigenvalue weighted by Crippen LogP contribution is 2.27. The van der Waals surface area contributed by atoms with E-state index in [4.69, 9.17) is 10.5 Å². The smallest absolute Gasteiger partial charge is 0.152 e. The molecule has 5 heteroatoms. The van der Waals surface area contributed by atoms with Crippen LogP contribution in [0.15, 0.2) is 24.3 Å². The van der Waals surface area contributed by atoms with Crippen molar-refractivity contribution in [1.82, 2.24) is 9.78 Å². The fourth-order valence-corrected chi connectivity index (χ4v) is 2.02. The predicted molar refractivity (Wildman–Crippen MR) is 77.7 cm³/mol. The topological polar surface area (TPSA) is 65.1 Å². The van der Waals surface area contributed by atoms with Crippen LogP contribution in [0.5, 0.6) is 0 Å². The quantitative estimate of drug-likeness (QED) is 0.865. The molecule has 1 heterocycles. The Balaban J connectivity index is 2.27. The molecule has 1 aromatic heterocycles. The van der Waals surface area contributed by atoms with Gasteiger partial charge in [0.25, 0.3) is 0 Å². The number of aromatic nitrogens is 2. The van der Waals surface area contributed by atoms with Crippen LogP contribution in [0.25, 0.3) is 0 Å². The van der Waals surface area contributed by atoms with Crippen molar-refractivity contribution in [2.45, 2.75) is 13.3 Å². The molecule has 102 valence electrons. The summed E-state index contributed by atoms with van der Waals surface area (Å²) in [6.45, 7) is 2.59. The lowest BCUT2D eigenvalue weighted by Crippen LogP contribution is -2.04. The first-order valence-corrected chi connectivity index (χ1v) is 6.26. The first kappa shape index (κ1) is 13.4. The van der Waals surface area contributed by atoms with Gasteiger partial charge in [-0.2, -0.15) is 5.10 Å². The standard InChI is InChI=1S/C14H20N4O/c1-10-13(15)14(18(2)17-10)16-12-7-5-4-6-11(12)8-9-19-3/h4-7,16H,8-9,15H2,1-3H3. The van der Waals surface area contributed by atoms with Crippen molar-refractivity contribution in [3.05, 3.63) is 35.5 Å². The second-order valence-corrected chi connectivity index (χ2v) is 4.50. The Morgan fingerprint density at radius 1 is 1.37 bits per heavy atom. The Morgan fingerprint density at radius 2 is 2.11 bits per heavy atom. The number of para-hydroxylation sites is 1. The molecule has 0 unspecified atom stereocenters. The number of nitrogens with one attached hydrogen (secondary N) is 1. The van der Waals surface area contributed by atoms with E-state index in [2.05, 4.69) is 16.5 Å². The minimum Gasteiger partial charge on any atom is -0.394 e. The van der Waals surface area contributed by atoms with Crippen LogP contribution in [-0.2, 0) is 18.2 Å². The zero-order chi connectivity index (χ0) is 13.8. The summed E-state index contributed by atoms with van der Waals surface area (Å²) >= 11 is 0. The molecule has 0 saturated carbocycles. The molecule has 2 rings (SSSR count). The number of aryl methyl sites for hydroxylation is 2. The number of benzene rings is 1. The molecular weight excluding hydrogens is 240 g/mol. The van der Waals surface area contributed by atoms with Crippen LogP contribution in [0, 0.1) is 6.92 Å². The average Bonchev–Trinajstić information content (AvgIpc) is 2.64. The van der Waals surface area contributed by atoms with Crippen molar-refractivity contribution < 1.29 is 4.74 Å². The van der Waals surface area contributed by atoms with Crippen molar-refractivity contribution >= 4 is 17.2 Å². The van der Waals surface area contributed by atoms with Gasteiger partial charge in [0.05, 0.1) is 18.0 Å². The molecule has 0 spiro atoms. The second kappa shape index (κ2) is 5.75. The molecule has 0 fully saturated rings. The van der Waals surface area contributed by atoms with Crippen molar-refractivity contribution in [2.75, 3.05) is 24.8 Å². The molecule has 1 aromatic carbocycles. The second-order valence-electron chi connectivity index (χ2n) is 4.50. The van der Waals surface area contributed by atoms with Crippen LogP contribution in [0.2, 0.25) is 0 Å². The van der Waals surface area contributed by atoms with Gasteiger partial charge in [-0.05, 0) is 25.0 Å². The Morgan fingerprint density at radius 3 is 2.74 bits per heavy atom. The van der Waals surface area contributed by atoms with Crippen LogP contribution in [-0.4, -0.2) is 23.5 Å². The highest BCUT2D eigenvalue weighted by Gasteiger charge is 2.11. The molecule has 19 heavy (non-hydrogen) atoms. The van der Waals surface area contributed by atoms with E-state index in [1.165, 1.54) is 5.56 Å². The Hall–Kier alpha value is -2.01. The van der Waals surface area contributed by atoms with Crippen LogP contribution < -0.4 is 11.1 Å². The number of rotatable bonds is 5. The molecule has 3 N–H and O–H groups in total. The monoisotopic (exact) mass is 260 g/mol. The largest absolute Gasteiger partial charge is 0.394 e. The number of hydrogen-bond donors (Lipinski definition) is 2. The molecule has 2 aromatic rings. The fraction of sp³-hybridized carbons (Fsp3) is 0.357. The van der Waals surface area contributed by atoms with Crippen molar-refractivity contribution in [2.24, 2.45) is 7.05 Å². The average molecular weight is 260 g/mol. The Bertz CT molecular complexity index is 563. The maximum absolute atomic E-state index is 6.03. The summed E-state index contributed by atoms with van der Waals surface area (Å²) in [6.07, 6.45) is 0.858. The lowest BCUT2D eigenvalue weighted by molar-refractivity contribution is 0.202. The molecule has 0 saturated heterocycles. The lowest BCUT2D eigenvalue weighted by atomic mass is 10.1. The van der Waals surface area contributed by atoms with Gasteiger partial charge in [0.1, 0.15) is 0 Å². The van der Waals surface area contributed by atoms with Crippen LogP contribution in [0.3, 0.4) is 0 Å². The number of anilines is 3. The lowest BCUT2D eigenvalue weighted by Gasteiger charge is -2.12. The normalized spacial score (nSPS) is 10.7. The molecule has 0 radical (unpaired) electrons. The van der Waals surface area contributed by atoms with Gasteiger partial charge in [0.2, 0.25) is 0 Å². The molecule has 0 atom stereocenters. The minimum absolute atomic E-state index is 0.684. The highest BCUT2D eigenvalue weighted by molar-refractivity contribution is 5.72. The van der Waals surface area contributed by atoms with E-state index in [1.807, 2.05) is 32.2 Å². The van der Waals surface area contributed by atoms with Gasteiger partial charge in [-0.15, -0.1) is 0 Å². The molecule has 0 aliphatic carbocycles. The molecule has 0 amide bonds. The summed E-state index contributed by atoms with van der Waals surface area (Å²) in [7, 11) is 3.59. The SMILES string of the molecule is COCCc1ccccc1Nc1c(N)c(C)nn1C. The van der Waals surface area contributed by atoms with Gasteiger partial charge in [0.15, 0.2) is 5.82 Å². The van der Waals surface area contributed by atoms with E-state index < -0.39 is 0 Å². The van der Waals surface area contributed by atoms with E-state index in [0.717, 1.165) is 23.6 Å². The number of nitrogen functional groups attached to an aromatic ring is 1. The van der Waals surface area contributed by atoms with E-state index in [-0.39, 0.29) is 0 Å². The maximum atomic E-state index is 6.03. The first-order valence-electron chi connectivity index (χ1n) is 6.26. The molecule has 0 bridgehead atoms. The summed E-state index contributed by atoms with van der Waals surface area (Å²) < 4.78 is 6.89. The summed E-state index contributed by atoms with van der Waals surface area (Å²) in [5, 5.41) is 7.66. The number of methoxy groups -OCH3 is 1. The number of nitrogens with two attached hydrogens (primary N) is 1. The Kier molecular flexibility index (Phi) is 4.06. The third-order valence-electron chi connectivity index (χ3n) is 3.11. The zero-order valence-corrected chi connectivity index (χ0v) is 11.6. The van der Waals surface area contributed by atoms with Gasteiger partial charge in [-0.3, -0.25) is 4.68 Å². The number of hydrogen-bond acceptors (Lipinski definition) is 4. The molecular formula is C14H20N4O. The number of nitrogens with zero attached hydrogens (tertiary/aromatic N) is 2. The van der Waals surface area contributed by atoms with Gasteiger partial charge in [-0.1, -0.05) is 18.2 Å². The van der Waals surface area contributed by atoms with E-state index in [0.29, 0.717) is 12.3 Å². The summed E-state index contributed by atoms with van der Waals surface area (Å²) in [5.74, 6) is 0.822. The highest BCUT2D eigenvalue weighted by atomic mass is 16.5. The summed E-state index contributed by atoms with van der Waals surface area (Å²) in [6, 6.07) is 8.14. The van der Waals surface area contributed by atoms with Gasteiger partial charge in [0, 0.05) is 19.8 Å². The van der Waals surface area contributed by atoms with Crippen LogP contribution >= 0.6 is 0 Å². The van der Waals surface area contributed by atoms with Crippen LogP contribution in [0.1, 0.15) is 11.3 Å². The van der Waals surface area contributed by atoms with Gasteiger partial charge < -0.3 is 15.8 Å². The fourth-order valence-electron chi connectivity index (χ4n) is 2.02. The Labute approximate surface area is 113 Å². The maximum Gasteiger partial charge on any atom is 0.152 e. The van der Waals surface area contributed by atoms with E-state index in [9.17, 15) is 0 Å². The zero-order valence-electron chi connectivity index (χ0n) is 11.6. The van der Waals surface area contributed by atoms with E-state index in [1.54, 1.807) is 11.8 Å². The first-order chi connectivity index (χ1) is 9.13.